The van der Waals surface area contributed by atoms with Gasteiger partial charge in [0.15, 0.2) is 11.6 Å². The van der Waals surface area contributed by atoms with Crippen LogP contribution in [0.15, 0.2) is 84.1 Å². The van der Waals surface area contributed by atoms with E-state index in [1.54, 1.807) is 54.6 Å². The van der Waals surface area contributed by atoms with Crippen LogP contribution in [0.2, 0.25) is 0 Å². The first kappa shape index (κ1) is 25.1. The Bertz CT molecular complexity index is 1520. The van der Waals surface area contributed by atoms with E-state index in [0.29, 0.717) is 45.8 Å². The van der Waals surface area contributed by atoms with Gasteiger partial charge in [-0.25, -0.2) is 0 Å². The molecule has 0 bridgehead atoms. The lowest BCUT2D eigenvalue weighted by molar-refractivity contribution is -0.384. The highest BCUT2D eigenvalue weighted by atomic mass is 16.6. The summed E-state index contributed by atoms with van der Waals surface area (Å²) < 4.78 is 0. The summed E-state index contributed by atoms with van der Waals surface area (Å²) in [5.74, 6) is -0.628. The molecule has 8 heteroatoms. The Morgan fingerprint density at radius 1 is 0.974 bits per heavy atom. The number of hydrogen-bond donors (Lipinski definition) is 1. The van der Waals surface area contributed by atoms with Gasteiger partial charge < -0.3 is 5.32 Å². The summed E-state index contributed by atoms with van der Waals surface area (Å²) in [6.45, 7) is 5.41. The first-order valence-electron chi connectivity index (χ1n) is 12.4. The number of nitro groups is 1. The van der Waals surface area contributed by atoms with E-state index in [-0.39, 0.29) is 35.0 Å². The summed E-state index contributed by atoms with van der Waals surface area (Å²) in [4.78, 5) is 52.7. The standard InChI is InChI=1S/C30H27N3O5/c1-18(34)32-25-13-12-21(29(36)19-8-5-4-6-9-19)15-23(25)31-24-16-30(2,3)17-26(35)27(24)28(32)20-10-7-11-22(14-20)33(37)38/h4-15,28,31H,16-17H2,1-3H3/t28-/m1/s1. The van der Waals surface area contributed by atoms with Gasteiger partial charge in [0.05, 0.1) is 22.3 Å². The second-order valence-corrected chi connectivity index (χ2v) is 10.5. The number of benzene rings is 3. The predicted molar refractivity (Wildman–Crippen MR) is 144 cm³/mol. The van der Waals surface area contributed by atoms with Crippen LogP contribution in [0, 0.1) is 15.5 Å². The third-order valence-electron chi connectivity index (χ3n) is 7.03. The van der Waals surface area contributed by atoms with Crippen LogP contribution in [0.5, 0.6) is 0 Å². The molecule has 38 heavy (non-hydrogen) atoms. The number of allylic oxidation sites excluding steroid dienone is 1. The Morgan fingerprint density at radius 3 is 2.39 bits per heavy atom. The van der Waals surface area contributed by atoms with Gasteiger partial charge in [-0.2, -0.15) is 0 Å². The number of carbonyl (C=O) groups is 3. The molecule has 1 atom stereocenters. The van der Waals surface area contributed by atoms with E-state index >= 15 is 0 Å². The molecular weight excluding hydrogens is 482 g/mol. The van der Waals surface area contributed by atoms with E-state index in [1.807, 2.05) is 19.9 Å². The molecule has 3 aromatic carbocycles. The smallest absolute Gasteiger partial charge is 0.269 e. The molecule has 0 radical (unpaired) electrons. The fraction of sp³-hybridized carbons (Fsp3) is 0.233. The molecule has 8 nitrogen and oxygen atoms in total. The molecule has 0 aromatic heterocycles. The Hall–Kier alpha value is -4.59. The number of nitrogens with one attached hydrogen (secondary N) is 1. The molecule has 1 aliphatic carbocycles. The van der Waals surface area contributed by atoms with E-state index in [9.17, 15) is 24.5 Å². The van der Waals surface area contributed by atoms with Crippen molar-refractivity contribution < 1.29 is 19.3 Å². The highest BCUT2D eigenvalue weighted by Crippen LogP contribution is 2.48. The van der Waals surface area contributed by atoms with Gasteiger partial charge in [-0.1, -0.05) is 56.3 Å². The van der Waals surface area contributed by atoms with Gasteiger partial charge >= 0.3 is 0 Å². The third-order valence-corrected chi connectivity index (χ3v) is 7.03. The van der Waals surface area contributed by atoms with Gasteiger partial charge in [-0.3, -0.25) is 29.4 Å². The number of amides is 1. The minimum Gasteiger partial charge on any atom is -0.357 e. The molecule has 0 fully saturated rings. The molecule has 2 aliphatic rings. The topological polar surface area (TPSA) is 110 Å². The van der Waals surface area contributed by atoms with Gasteiger partial charge in [-0.15, -0.1) is 0 Å². The molecule has 1 aliphatic heterocycles. The van der Waals surface area contributed by atoms with Crippen LogP contribution in [0.4, 0.5) is 17.1 Å². The Kier molecular flexibility index (Phi) is 6.18. The lowest BCUT2D eigenvalue weighted by Gasteiger charge is -2.36. The van der Waals surface area contributed by atoms with Crippen LogP contribution in [0.1, 0.15) is 61.1 Å². The summed E-state index contributed by atoms with van der Waals surface area (Å²) in [5.41, 5.74) is 3.04. The quantitative estimate of drug-likeness (QED) is 0.263. The zero-order chi connectivity index (χ0) is 27.2. The van der Waals surface area contributed by atoms with Crippen LogP contribution in [0.3, 0.4) is 0 Å². The number of rotatable bonds is 4. The molecule has 3 aromatic rings. The fourth-order valence-corrected chi connectivity index (χ4v) is 5.41. The van der Waals surface area contributed by atoms with Crippen molar-refractivity contribution in [3.63, 3.8) is 0 Å². The van der Waals surface area contributed by atoms with E-state index in [1.165, 1.54) is 24.0 Å². The monoisotopic (exact) mass is 509 g/mol. The van der Waals surface area contributed by atoms with E-state index in [2.05, 4.69) is 5.32 Å². The lowest BCUT2D eigenvalue weighted by Crippen LogP contribution is -2.38. The lowest BCUT2D eigenvalue weighted by atomic mass is 9.73. The van der Waals surface area contributed by atoms with E-state index in [4.69, 9.17) is 0 Å². The van der Waals surface area contributed by atoms with Gasteiger partial charge in [0.1, 0.15) is 0 Å². The zero-order valence-electron chi connectivity index (χ0n) is 21.4. The van der Waals surface area contributed by atoms with Crippen LogP contribution >= 0.6 is 0 Å². The number of Topliss-reactive ketones (excluding diaryl/α,β-unsaturated/α-hetero) is 1. The molecule has 192 valence electrons. The van der Waals surface area contributed by atoms with Crippen LogP contribution in [-0.4, -0.2) is 22.4 Å². The first-order valence-corrected chi connectivity index (χ1v) is 12.4. The van der Waals surface area contributed by atoms with Gasteiger partial charge in [0.2, 0.25) is 5.91 Å². The van der Waals surface area contributed by atoms with Gasteiger partial charge in [-0.05, 0) is 35.6 Å². The minimum absolute atomic E-state index is 0.125. The Balaban J connectivity index is 1.73. The number of non-ortho nitro benzene ring substituents is 1. The maximum absolute atomic E-state index is 13.7. The van der Waals surface area contributed by atoms with Crippen molar-refractivity contribution in [2.45, 2.75) is 39.7 Å². The number of fused-ring (bicyclic) bond motifs is 1. The SMILES string of the molecule is CC(=O)N1c2ccc(C(=O)c3ccccc3)cc2NC2=C(C(=O)CC(C)(C)C2)[C@H]1c1cccc([N+](=O)[O-])c1. The maximum atomic E-state index is 13.7. The molecule has 0 spiro atoms. The number of nitrogens with zero attached hydrogens (tertiary/aromatic N) is 2. The molecule has 5 rings (SSSR count). The van der Waals surface area contributed by atoms with Crippen LogP contribution < -0.4 is 10.2 Å². The molecule has 0 unspecified atom stereocenters. The van der Waals surface area contributed by atoms with Crippen LogP contribution in [0.25, 0.3) is 0 Å². The average molecular weight is 510 g/mol. The zero-order valence-corrected chi connectivity index (χ0v) is 21.4. The molecule has 0 saturated carbocycles. The van der Waals surface area contributed by atoms with Crippen molar-refractivity contribution in [3.8, 4) is 0 Å². The number of anilines is 2. The maximum Gasteiger partial charge on any atom is 0.269 e. The van der Waals surface area contributed by atoms with E-state index < -0.39 is 11.0 Å². The fourth-order valence-electron chi connectivity index (χ4n) is 5.41. The van der Waals surface area contributed by atoms with Crippen molar-refractivity contribution in [2.75, 3.05) is 10.2 Å². The van der Waals surface area contributed by atoms with Crippen LogP contribution in [-0.2, 0) is 9.59 Å². The second kappa shape index (κ2) is 9.37. The van der Waals surface area contributed by atoms with Gasteiger partial charge in [0.25, 0.3) is 5.69 Å². The summed E-state index contributed by atoms with van der Waals surface area (Å²) in [6.07, 6.45) is 0.806. The molecule has 1 N–H and O–H groups in total. The molecular formula is C30H27N3O5. The predicted octanol–water partition coefficient (Wildman–Crippen LogP) is 5.99. The van der Waals surface area contributed by atoms with Crippen molar-refractivity contribution in [1.29, 1.82) is 0 Å². The molecule has 0 saturated heterocycles. The minimum atomic E-state index is -0.865. The summed E-state index contributed by atoms with van der Waals surface area (Å²) in [7, 11) is 0. The van der Waals surface area contributed by atoms with Crippen molar-refractivity contribution >= 4 is 34.5 Å². The highest BCUT2D eigenvalue weighted by molar-refractivity contribution is 6.11. The van der Waals surface area contributed by atoms with Crippen molar-refractivity contribution in [2.24, 2.45) is 5.41 Å². The third kappa shape index (κ3) is 4.49. The van der Waals surface area contributed by atoms with Crippen molar-refractivity contribution in [3.05, 3.63) is 111 Å². The Labute approximate surface area is 220 Å². The number of carbonyl (C=O) groups excluding carboxylic acids is 3. The van der Waals surface area contributed by atoms with Gasteiger partial charge in [0, 0.05) is 47.9 Å². The van der Waals surface area contributed by atoms with E-state index in [0.717, 1.165) is 0 Å². The average Bonchev–Trinajstić information content (AvgIpc) is 3.02. The summed E-state index contributed by atoms with van der Waals surface area (Å²) in [6, 6.07) is 19.1. The number of hydrogen-bond acceptors (Lipinski definition) is 6. The van der Waals surface area contributed by atoms with Crippen molar-refractivity contribution in [1.82, 2.24) is 0 Å². The normalized spacial score (nSPS) is 18.1. The molecule has 1 amide bonds. The number of nitro benzene ring substituents is 1. The number of ketones is 2. The Morgan fingerprint density at radius 2 is 1.71 bits per heavy atom. The summed E-state index contributed by atoms with van der Waals surface area (Å²) >= 11 is 0. The second-order valence-electron chi connectivity index (χ2n) is 10.5. The first-order chi connectivity index (χ1) is 18.1. The summed E-state index contributed by atoms with van der Waals surface area (Å²) in [5, 5.41) is 15.0. The highest BCUT2D eigenvalue weighted by Gasteiger charge is 2.43. The molecule has 1 heterocycles. The largest absolute Gasteiger partial charge is 0.357 e.